The van der Waals surface area contributed by atoms with Crippen LogP contribution in [-0.2, 0) is 0 Å². The molecule has 1 fully saturated rings. The van der Waals surface area contributed by atoms with E-state index in [-0.39, 0.29) is 18.4 Å². The van der Waals surface area contributed by atoms with Gasteiger partial charge in [-0.15, -0.1) is 0 Å². The third kappa shape index (κ3) is 2.18. The van der Waals surface area contributed by atoms with Crippen LogP contribution in [-0.4, -0.2) is 35.6 Å². The van der Waals surface area contributed by atoms with Crippen LogP contribution in [0.3, 0.4) is 0 Å². The summed E-state index contributed by atoms with van der Waals surface area (Å²) in [6, 6.07) is 9.29. The topological polar surface area (TPSA) is 40.5 Å². The number of likely N-dealkylation sites (tertiary alicyclic amines) is 1. The van der Waals surface area contributed by atoms with Crippen LogP contribution in [0.15, 0.2) is 30.3 Å². The number of carbonyl (C=O) groups is 1. The quantitative estimate of drug-likeness (QED) is 0.786. The molecule has 1 aliphatic heterocycles. The fourth-order valence-corrected chi connectivity index (χ4v) is 1.93. The molecule has 0 spiro atoms. The largest absolute Gasteiger partial charge is 0.396 e. The van der Waals surface area contributed by atoms with Crippen LogP contribution in [0, 0.1) is 5.92 Å². The van der Waals surface area contributed by atoms with E-state index in [0.717, 1.165) is 18.5 Å². The summed E-state index contributed by atoms with van der Waals surface area (Å²) in [6.07, 6.45) is 0.912. The van der Waals surface area contributed by atoms with Crippen molar-refractivity contribution in [2.45, 2.75) is 6.42 Å². The van der Waals surface area contributed by atoms with Crippen LogP contribution in [0.25, 0.3) is 0 Å². The Kier molecular flexibility index (Phi) is 3.02. The monoisotopic (exact) mass is 205 g/mol. The van der Waals surface area contributed by atoms with Gasteiger partial charge in [0, 0.05) is 31.2 Å². The molecule has 1 heterocycles. The van der Waals surface area contributed by atoms with Gasteiger partial charge in [-0.2, -0.15) is 0 Å². The summed E-state index contributed by atoms with van der Waals surface area (Å²) in [5.74, 6) is 0.337. The highest BCUT2D eigenvalue weighted by molar-refractivity contribution is 5.94. The van der Waals surface area contributed by atoms with E-state index in [1.54, 1.807) is 0 Å². The van der Waals surface area contributed by atoms with E-state index in [4.69, 9.17) is 5.11 Å². The number of hydrogen-bond acceptors (Lipinski definition) is 2. The van der Waals surface area contributed by atoms with Crippen molar-refractivity contribution >= 4 is 5.91 Å². The summed E-state index contributed by atoms with van der Waals surface area (Å²) >= 11 is 0. The van der Waals surface area contributed by atoms with Gasteiger partial charge in [0.05, 0.1) is 0 Å². The van der Waals surface area contributed by atoms with Gasteiger partial charge in [-0.3, -0.25) is 4.79 Å². The van der Waals surface area contributed by atoms with Crippen molar-refractivity contribution in [2.75, 3.05) is 19.7 Å². The van der Waals surface area contributed by atoms with Crippen molar-refractivity contribution in [2.24, 2.45) is 5.92 Å². The number of aliphatic hydroxyl groups is 1. The van der Waals surface area contributed by atoms with Crippen LogP contribution >= 0.6 is 0 Å². The van der Waals surface area contributed by atoms with Crippen molar-refractivity contribution in [1.29, 1.82) is 0 Å². The Morgan fingerprint density at radius 1 is 1.40 bits per heavy atom. The van der Waals surface area contributed by atoms with Crippen LogP contribution in [0.4, 0.5) is 0 Å². The minimum absolute atomic E-state index is 0.0755. The first-order valence-electron chi connectivity index (χ1n) is 5.26. The van der Waals surface area contributed by atoms with Gasteiger partial charge in [-0.05, 0) is 18.6 Å². The van der Waals surface area contributed by atoms with Crippen LogP contribution in [0.2, 0.25) is 0 Å². The maximum absolute atomic E-state index is 12.0. The highest BCUT2D eigenvalue weighted by Crippen LogP contribution is 2.17. The van der Waals surface area contributed by atoms with E-state index < -0.39 is 0 Å². The smallest absolute Gasteiger partial charge is 0.253 e. The van der Waals surface area contributed by atoms with Gasteiger partial charge in [-0.25, -0.2) is 0 Å². The molecule has 80 valence electrons. The summed E-state index contributed by atoms with van der Waals surface area (Å²) in [7, 11) is 0. The van der Waals surface area contributed by atoms with Gasteiger partial charge < -0.3 is 10.0 Å². The van der Waals surface area contributed by atoms with Crippen LogP contribution in [0.5, 0.6) is 0 Å². The van der Waals surface area contributed by atoms with Gasteiger partial charge >= 0.3 is 0 Å². The lowest BCUT2D eigenvalue weighted by Crippen LogP contribution is -2.29. The van der Waals surface area contributed by atoms with E-state index >= 15 is 0 Å². The molecule has 0 bridgehead atoms. The summed E-state index contributed by atoms with van der Waals surface area (Å²) in [4.78, 5) is 13.8. The first kappa shape index (κ1) is 10.2. The van der Waals surface area contributed by atoms with Gasteiger partial charge in [0.25, 0.3) is 5.91 Å². The van der Waals surface area contributed by atoms with Crippen molar-refractivity contribution < 1.29 is 9.90 Å². The molecule has 2 rings (SSSR count). The van der Waals surface area contributed by atoms with Gasteiger partial charge in [-0.1, -0.05) is 18.2 Å². The molecular formula is C12H15NO2. The third-order valence-corrected chi connectivity index (χ3v) is 2.85. The molecule has 0 aromatic heterocycles. The number of carbonyl (C=O) groups excluding carboxylic acids is 1. The standard InChI is InChI=1S/C12H15NO2/c14-9-10-6-7-13(8-10)12(15)11-4-2-1-3-5-11/h1-5,10,14H,6-9H2/t10-/m1/s1. The lowest BCUT2D eigenvalue weighted by atomic mass is 10.1. The number of benzene rings is 1. The molecule has 1 aliphatic rings. The third-order valence-electron chi connectivity index (χ3n) is 2.85. The number of aliphatic hydroxyl groups excluding tert-OH is 1. The lowest BCUT2D eigenvalue weighted by Gasteiger charge is -2.15. The Hall–Kier alpha value is -1.35. The summed E-state index contributed by atoms with van der Waals surface area (Å²) < 4.78 is 0. The van der Waals surface area contributed by atoms with Crippen LogP contribution in [0.1, 0.15) is 16.8 Å². The second kappa shape index (κ2) is 4.45. The normalized spacial score (nSPS) is 20.6. The van der Waals surface area contributed by atoms with E-state index in [1.807, 2.05) is 35.2 Å². The Bertz CT molecular complexity index is 337. The molecule has 1 aromatic carbocycles. The number of hydrogen-bond donors (Lipinski definition) is 1. The van der Waals surface area contributed by atoms with Crippen LogP contribution < -0.4 is 0 Å². The molecule has 0 unspecified atom stereocenters. The maximum Gasteiger partial charge on any atom is 0.253 e. The summed E-state index contributed by atoms with van der Waals surface area (Å²) in [5.41, 5.74) is 0.732. The van der Waals surface area contributed by atoms with Gasteiger partial charge in [0.2, 0.25) is 0 Å². The van der Waals surface area contributed by atoms with E-state index in [0.29, 0.717) is 6.54 Å². The molecule has 1 atom stereocenters. The van der Waals surface area contributed by atoms with E-state index in [9.17, 15) is 4.79 Å². The molecular weight excluding hydrogens is 190 g/mol. The molecule has 3 heteroatoms. The fourth-order valence-electron chi connectivity index (χ4n) is 1.93. The second-order valence-electron chi connectivity index (χ2n) is 3.95. The van der Waals surface area contributed by atoms with E-state index in [1.165, 1.54) is 0 Å². The van der Waals surface area contributed by atoms with E-state index in [2.05, 4.69) is 0 Å². The molecule has 15 heavy (non-hydrogen) atoms. The summed E-state index contributed by atoms with van der Waals surface area (Å²) in [6.45, 7) is 1.63. The first-order valence-corrected chi connectivity index (χ1v) is 5.26. The minimum Gasteiger partial charge on any atom is -0.396 e. The SMILES string of the molecule is O=C(c1ccccc1)N1CC[C@@H](CO)C1. The average molecular weight is 205 g/mol. The first-order chi connectivity index (χ1) is 7.31. The van der Waals surface area contributed by atoms with Crippen molar-refractivity contribution in [3.8, 4) is 0 Å². The Labute approximate surface area is 89.3 Å². The fraction of sp³-hybridized carbons (Fsp3) is 0.417. The predicted molar refractivity (Wildman–Crippen MR) is 57.5 cm³/mol. The molecule has 0 radical (unpaired) electrons. The maximum atomic E-state index is 12.0. The van der Waals surface area contributed by atoms with Gasteiger partial charge in [0.15, 0.2) is 0 Å². The number of rotatable bonds is 2. The number of nitrogens with zero attached hydrogens (tertiary/aromatic N) is 1. The van der Waals surface area contributed by atoms with Crippen molar-refractivity contribution in [1.82, 2.24) is 4.90 Å². The minimum atomic E-state index is 0.0755. The summed E-state index contributed by atoms with van der Waals surface area (Å²) in [5, 5.41) is 9.00. The zero-order chi connectivity index (χ0) is 10.7. The van der Waals surface area contributed by atoms with Gasteiger partial charge in [0.1, 0.15) is 0 Å². The molecule has 3 nitrogen and oxygen atoms in total. The average Bonchev–Trinajstić information content (AvgIpc) is 2.78. The lowest BCUT2D eigenvalue weighted by molar-refractivity contribution is 0.0782. The predicted octanol–water partition coefficient (Wildman–Crippen LogP) is 1.14. The molecule has 1 aromatic rings. The Balaban J connectivity index is 2.04. The molecule has 1 saturated heterocycles. The zero-order valence-corrected chi connectivity index (χ0v) is 8.60. The van der Waals surface area contributed by atoms with Crippen molar-refractivity contribution in [3.05, 3.63) is 35.9 Å². The number of amides is 1. The zero-order valence-electron chi connectivity index (χ0n) is 8.60. The highest BCUT2D eigenvalue weighted by atomic mass is 16.3. The second-order valence-corrected chi connectivity index (χ2v) is 3.95. The van der Waals surface area contributed by atoms with Crippen molar-refractivity contribution in [3.63, 3.8) is 0 Å². The molecule has 1 N–H and O–H groups in total. The Morgan fingerprint density at radius 2 is 2.13 bits per heavy atom. The molecule has 1 amide bonds. The molecule has 0 saturated carbocycles. The Morgan fingerprint density at radius 3 is 2.73 bits per heavy atom. The highest BCUT2D eigenvalue weighted by Gasteiger charge is 2.25. The molecule has 0 aliphatic carbocycles.